The summed E-state index contributed by atoms with van der Waals surface area (Å²) in [6.45, 7) is 5.53. The Morgan fingerprint density at radius 1 is 1.11 bits per heavy atom. The highest BCUT2D eigenvalue weighted by atomic mass is 19.1. The van der Waals surface area contributed by atoms with Gasteiger partial charge >= 0.3 is 0 Å². The monoisotopic (exact) mass is 366 g/mol. The van der Waals surface area contributed by atoms with Crippen molar-refractivity contribution < 1.29 is 4.39 Å². The Bertz CT molecular complexity index is 970. The summed E-state index contributed by atoms with van der Waals surface area (Å²) < 4.78 is 15.9. The van der Waals surface area contributed by atoms with Crippen molar-refractivity contribution in [2.75, 3.05) is 24.5 Å². The Kier molecular flexibility index (Phi) is 4.04. The highest BCUT2D eigenvalue weighted by molar-refractivity contribution is 5.60. The lowest BCUT2D eigenvalue weighted by atomic mass is 10.1. The van der Waals surface area contributed by atoms with Gasteiger partial charge in [-0.2, -0.15) is 4.52 Å². The van der Waals surface area contributed by atoms with E-state index in [-0.39, 0.29) is 5.82 Å². The summed E-state index contributed by atoms with van der Waals surface area (Å²) in [6.07, 6.45) is 3.61. The van der Waals surface area contributed by atoms with Crippen LogP contribution in [-0.4, -0.2) is 56.4 Å². The van der Waals surface area contributed by atoms with Crippen LogP contribution in [0.5, 0.6) is 0 Å². The molecule has 140 valence electrons. The first-order valence-corrected chi connectivity index (χ1v) is 9.72. The second kappa shape index (κ2) is 6.56. The SMILES string of the molecule is CCC1CN2CCCC2CN1c1ccc2nnc(-c3ccccc3F)n2n1. The molecule has 27 heavy (non-hydrogen) atoms. The van der Waals surface area contributed by atoms with Crippen LogP contribution in [0.1, 0.15) is 26.2 Å². The second-order valence-electron chi connectivity index (χ2n) is 7.47. The highest BCUT2D eigenvalue weighted by Gasteiger charge is 2.36. The number of piperazine rings is 1. The molecule has 5 rings (SSSR count). The smallest absolute Gasteiger partial charge is 0.188 e. The molecule has 2 saturated heterocycles. The van der Waals surface area contributed by atoms with Gasteiger partial charge < -0.3 is 4.90 Å². The van der Waals surface area contributed by atoms with Crippen LogP contribution < -0.4 is 4.90 Å². The minimum atomic E-state index is -0.315. The van der Waals surface area contributed by atoms with Crippen molar-refractivity contribution in [3.05, 3.63) is 42.2 Å². The lowest BCUT2D eigenvalue weighted by Crippen LogP contribution is -2.56. The van der Waals surface area contributed by atoms with Gasteiger partial charge in [-0.3, -0.25) is 4.90 Å². The van der Waals surface area contributed by atoms with E-state index in [4.69, 9.17) is 5.10 Å². The molecule has 0 spiro atoms. The van der Waals surface area contributed by atoms with Gasteiger partial charge in [-0.05, 0) is 50.1 Å². The number of benzene rings is 1. The van der Waals surface area contributed by atoms with Crippen molar-refractivity contribution in [1.29, 1.82) is 0 Å². The van der Waals surface area contributed by atoms with Crippen molar-refractivity contribution in [3.63, 3.8) is 0 Å². The first-order valence-electron chi connectivity index (χ1n) is 9.72. The van der Waals surface area contributed by atoms with E-state index in [9.17, 15) is 4.39 Å². The summed E-state index contributed by atoms with van der Waals surface area (Å²) >= 11 is 0. The third-order valence-electron chi connectivity index (χ3n) is 5.92. The van der Waals surface area contributed by atoms with Crippen molar-refractivity contribution in [2.45, 2.75) is 38.3 Å². The van der Waals surface area contributed by atoms with Crippen LogP contribution in [0.15, 0.2) is 36.4 Å². The molecule has 2 fully saturated rings. The van der Waals surface area contributed by atoms with Gasteiger partial charge in [0.05, 0.1) is 5.56 Å². The molecule has 2 aliphatic rings. The molecule has 0 bridgehead atoms. The fraction of sp³-hybridized carbons (Fsp3) is 0.450. The Hall–Kier alpha value is -2.54. The topological polar surface area (TPSA) is 49.6 Å². The third-order valence-corrected chi connectivity index (χ3v) is 5.92. The van der Waals surface area contributed by atoms with Crippen molar-refractivity contribution in [2.24, 2.45) is 0 Å². The van der Waals surface area contributed by atoms with Gasteiger partial charge in [0.2, 0.25) is 0 Å². The van der Waals surface area contributed by atoms with E-state index in [1.807, 2.05) is 12.1 Å². The van der Waals surface area contributed by atoms with Crippen LogP contribution in [0.4, 0.5) is 10.2 Å². The number of hydrogen-bond acceptors (Lipinski definition) is 5. The van der Waals surface area contributed by atoms with E-state index in [0.29, 0.717) is 29.1 Å². The molecule has 2 aliphatic heterocycles. The van der Waals surface area contributed by atoms with E-state index in [0.717, 1.165) is 25.3 Å². The van der Waals surface area contributed by atoms with E-state index in [2.05, 4.69) is 26.9 Å². The number of rotatable bonds is 3. The van der Waals surface area contributed by atoms with Gasteiger partial charge in [-0.15, -0.1) is 15.3 Å². The first-order chi connectivity index (χ1) is 13.2. The second-order valence-corrected chi connectivity index (χ2v) is 7.47. The predicted octanol–water partition coefficient (Wildman–Crippen LogP) is 2.99. The standard InChI is InChI=1S/C20H23FN6/c1-2-14-12-25-11-5-6-15(25)13-26(14)19-10-9-18-22-23-20(27(18)24-19)16-7-3-4-8-17(16)21/h3-4,7-10,14-15H,2,5-6,11-13H2,1H3. The van der Waals surface area contributed by atoms with Crippen LogP contribution in [-0.2, 0) is 0 Å². The molecule has 1 aromatic carbocycles. The molecule has 2 atom stereocenters. The van der Waals surface area contributed by atoms with Gasteiger partial charge in [0, 0.05) is 25.2 Å². The van der Waals surface area contributed by atoms with Gasteiger partial charge in [-0.1, -0.05) is 19.1 Å². The Balaban J connectivity index is 1.56. The van der Waals surface area contributed by atoms with Crippen molar-refractivity contribution >= 4 is 11.5 Å². The number of anilines is 1. The molecule has 7 heteroatoms. The first kappa shape index (κ1) is 16.6. The van der Waals surface area contributed by atoms with E-state index < -0.39 is 0 Å². The van der Waals surface area contributed by atoms with Gasteiger partial charge in [0.15, 0.2) is 11.5 Å². The highest BCUT2D eigenvalue weighted by Crippen LogP contribution is 2.29. The summed E-state index contributed by atoms with van der Waals surface area (Å²) in [5.74, 6) is 1.04. The number of aromatic nitrogens is 4. The Labute approximate surface area is 157 Å². The number of nitrogens with zero attached hydrogens (tertiary/aromatic N) is 6. The summed E-state index contributed by atoms with van der Waals surface area (Å²) in [4.78, 5) is 5.03. The zero-order chi connectivity index (χ0) is 18.4. The minimum absolute atomic E-state index is 0.315. The zero-order valence-corrected chi connectivity index (χ0v) is 15.4. The number of halogens is 1. The summed E-state index contributed by atoms with van der Waals surface area (Å²) in [5, 5.41) is 13.2. The van der Waals surface area contributed by atoms with Crippen molar-refractivity contribution in [1.82, 2.24) is 24.7 Å². The van der Waals surface area contributed by atoms with Crippen LogP contribution in [0.2, 0.25) is 0 Å². The predicted molar refractivity (Wildman–Crippen MR) is 102 cm³/mol. The fourth-order valence-electron chi connectivity index (χ4n) is 4.46. The van der Waals surface area contributed by atoms with E-state index >= 15 is 0 Å². The molecule has 6 nitrogen and oxygen atoms in total. The minimum Gasteiger partial charge on any atom is -0.349 e. The molecule has 0 N–H and O–H groups in total. The maximum absolute atomic E-state index is 14.3. The average molecular weight is 366 g/mol. The average Bonchev–Trinajstić information content (AvgIpc) is 3.33. The van der Waals surface area contributed by atoms with Crippen LogP contribution >= 0.6 is 0 Å². The molecule has 0 saturated carbocycles. The number of hydrogen-bond donors (Lipinski definition) is 0. The fourth-order valence-corrected chi connectivity index (χ4v) is 4.46. The largest absolute Gasteiger partial charge is 0.349 e. The normalized spacial score (nSPS) is 23.1. The summed E-state index contributed by atoms with van der Waals surface area (Å²) in [6, 6.07) is 11.6. The molecule has 2 unspecified atom stereocenters. The number of fused-ring (bicyclic) bond motifs is 2. The quantitative estimate of drug-likeness (QED) is 0.713. The maximum atomic E-state index is 14.3. The zero-order valence-electron chi connectivity index (χ0n) is 15.4. The summed E-state index contributed by atoms with van der Waals surface area (Å²) in [7, 11) is 0. The van der Waals surface area contributed by atoms with Gasteiger partial charge in [-0.25, -0.2) is 4.39 Å². The summed E-state index contributed by atoms with van der Waals surface area (Å²) in [5.41, 5.74) is 1.05. The molecular formula is C20H23FN6. The Morgan fingerprint density at radius 2 is 2.00 bits per heavy atom. The molecule has 0 amide bonds. The van der Waals surface area contributed by atoms with Crippen LogP contribution in [0.25, 0.3) is 17.0 Å². The van der Waals surface area contributed by atoms with E-state index in [1.54, 1.807) is 22.7 Å². The lowest BCUT2D eigenvalue weighted by molar-refractivity contribution is 0.194. The maximum Gasteiger partial charge on any atom is 0.188 e. The molecule has 2 aromatic heterocycles. The molecular weight excluding hydrogens is 343 g/mol. The van der Waals surface area contributed by atoms with Crippen molar-refractivity contribution in [3.8, 4) is 11.4 Å². The molecule has 0 radical (unpaired) electrons. The van der Waals surface area contributed by atoms with Crippen LogP contribution in [0, 0.1) is 5.82 Å². The van der Waals surface area contributed by atoms with Gasteiger partial charge in [0.1, 0.15) is 11.6 Å². The third kappa shape index (κ3) is 2.77. The Morgan fingerprint density at radius 3 is 2.85 bits per heavy atom. The van der Waals surface area contributed by atoms with E-state index in [1.165, 1.54) is 25.5 Å². The van der Waals surface area contributed by atoms with Crippen LogP contribution in [0.3, 0.4) is 0 Å². The molecule has 4 heterocycles. The van der Waals surface area contributed by atoms with Gasteiger partial charge in [0.25, 0.3) is 0 Å². The lowest BCUT2D eigenvalue weighted by Gasteiger charge is -2.44. The molecule has 0 aliphatic carbocycles. The molecule has 3 aromatic rings.